The predicted octanol–water partition coefficient (Wildman–Crippen LogP) is 4.42. The Morgan fingerprint density at radius 3 is 2.59 bits per heavy atom. The summed E-state index contributed by atoms with van der Waals surface area (Å²) in [6, 6.07) is 14.1. The Bertz CT molecular complexity index is 1100. The third-order valence-corrected chi connectivity index (χ3v) is 5.11. The van der Waals surface area contributed by atoms with Gasteiger partial charge in [0.1, 0.15) is 11.0 Å². The largest absolute Gasteiger partial charge is 0.420 e. The summed E-state index contributed by atoms with van der Waals surface area (Å²) in [6.07, 6.45) is -1.40. The molecule has 1 aromatic carbocycles. The lowest BCUT2D eigenvalue weighted by Crippen LogP contribution is -2.37. The lowest BCUT2D eigenvalue weighted by molar-refractivity contribution is 0.0627. The summed E-state index contributed by atoms with van der Waals surface area (Å²) in [6.45, 7) is 4.76. The van der Waals surface area contributed by atoms with Gasteiger partial charge >= 0.3 is 6.09 Å². The molecule has 8 heteroatoms. The summed E-state index contributed by atoms with van der Waals surface area (Å²) in [7, 11) is 0. The van der Waals surface area contributed by atoms with Crippen LogP contribution in [0.25, 0.3) is 11.0 Å². The molecule has 3 heterocycles. The van der Waals surface area contributed by atoms with E-state index in [4.69, 9.17) is 16.3 Å². The maximum absolute atomic E-state index is 13.1. The van der Waals surface area contributed by atoms with E-state index >= 15 is 0 Å². The number of amides is 2. The van der Waals surface area contributed by atoms with Crippen LogP contribution in [0.3, 0.4) is 0 Å². The molecule has 3 aromatic rings. The molecule has 0 aliphatic carbocycles. The highest BCUT2D eigenvalue weighted by atomic mass is 35.5. The maximum atomic E-state index is 13.1. The van der Waals surface area contributed by atoms with Crippen LogP contribution in [0.2, 0.25) is 5.15 Å². The minimum absolute atomic E-state index is 0.285. The topological polar surface area (TPSA) is 75.6 Å². The van der Waals surface area contributed by atoms with Crippen molar-refractivity contribution >= 4 is 40.5 Å². The molecule has 4 rings (SSSR count). The monoisotopic (exact) mass is 410 g/mol. The zero-order valence-electron chi connectivity index (χ0n) is 16.0. The molecular weight excluding hydrogens is 392 g/mol. The van der Waals surface area contributed by atoms with Crippen LogP contribution < -0.4 is 4.90 Å². The number of fused-ring (bicyclic) bond motifs is 2. The first kappa shape index (κ1) is 19.1. The number of aromatic nitrogens is 2. The fraction of sp³-hybridized carbons (Fsp3) is 0.238. The van der Waals surface area contributed by atoms with Crippen LogP contribution in [0.15, 0.2) is 48.5 Å². The van der Waals surface area contributed by atoms with Crippen molar-refractivity contribution in [3.8, 4) is 0 Å². The highest BCUT2D eigenvalue weighted by molar-refractivity contribution is 6.29. The lowest BCUT2D eigenvalue weighted by atomic mass is 10.1. The van der Waals surface area contributed by atoms with Gasteiger partial charge in [0.15, 0.2) is 5.65 Å². The summed E-state index contributed by atoms with van der Waals surface area (Å²) in [5, 5.41) is 1.10. The van der Waals surface area contributed by atoms with E-state index in [-0.39, 0.29) is 5.91 Å². The first-order chi connectivity index (χ1) is 14.0. The molecule has 0 spiro atoms. The number of nitrogens with zero attached hydrogens (tertiary/aromatic N) is 4. The van der Waals surface area contributed by atoms with Gasteiger partial charge in [-0.15, -0.1) is 0 Å². The van der Waals surface area contributed by atoms with Crippen molar-refractivity contribution in [2.24, 2.45) is 0 Å². The summed E-state index contributed by atoms with van der Waals surface area (Å²) in [5.41, 5.74) is 1.51. The molecule has 2 amide bonds. The fourth-order valence-electron chi connectivity index (χ4n) is 3.37. The van der Waals surface area contributed by atoms with Gasteiger partial charge in [-0.05, 0) is 44.2 Å². The second kappa shape index (κ2) is 7.67. The third-order valence-electron chi connectivity index (χ3n) is 4.90. The van der Waals surface area contributed by atoms with E-state index in [1.165, 1.54) is 4.90 Å². The average Bonchev–Trinajstić information content (AvgIpc) is 3.00. The Kier molecular flexibility index (Phi) is 5.07. The van der Waals surface area contributed by atoms with Gasteiger partial charge in [-0.2, -0.15) is 0 Å². The number of pyridine rings is 2. The quantitative estimate of drug-likeness (QED) is 0.595. The molecule has 0 radical (unpaired) electrons. The number of hydrogen-bond donors (Lipinski definition) is 0. The van der Waals surface area contributed by atoms with Gasteiger partial charge in [-0.3, -0.25) is 9.69 Å². The van der Waals surface area contributed by atoms with E-state index in [1.807, 2.05) is 19.9 Å². The van der Waals surface area contributed by atoms with Crippen molar-refractivity contribution < 1.29 is 14.3 Å². The summed E-state index contributed by atoms with van der Waals surface area (Å²) >= 11 is 5.99. The van der Waals surface area contributed by atoms with E-state index in [9.17, 15) is 9.59 Å². The minimum atomic E-state index is -0.907. The number of halogens is 1. The number of carbonyl (C=O) groups is 2. The van der Waals surface area contributed by atoms with Crippen LogP contribution in [0, 0.1) is 0 Å². The standard InChI is InChI=1S/C21H19ClN4O3/c1-3-25(4-2)21(28)29-20-15-8-6-5-7-14(15)19(27)26(20)17-12-10-13-9-11-16(22)23-18(13)24-17/h5-12,20H,3-4H2,1-2H3. The molecule has 1 aliphatic heterocycles. The third kappa shape index (κ3) is 3.38. The van der Waals surface area contributed by atoms with Gasteiger partial charge < -0.3 is 9.64 Å². The Morgan fingerprint density at radius 2 is 1.83 bits per heavy atom. The first-order valence-corrected chi connectivity index (χ1v) is 9.72. The predicted molar refractivity (Wildman–Crippen MR) is 110 cm³/mol. The fourth-order valence-corrected chi connectivity index (χ4v) is 3.52. The molecule has 148 valence electrons. The molecule has 0 saturated heterocycles. The average molecular weight is 411 g/mol. The molecule has 29 heavy (non-hydrogen) atoms. The second-order valence-electron chi connectivity index (χ2n) is 6.52. The minimum Gasteiger partial charge on any atom is -0.420 e. The van der Waals surface area contributed by atoms with E-state index in [0.29, 0.717) is 40.8 Å². The zero-order chi connectivity index (χ0) is 20.5. The molecule has 1 atom stereocenters. The van der Waals surface area contributed by atoms with Crippen molar-refractivity contribution in [3.05, 3.63) is 64.8 Å². The number of benzene rings is 1. The first-order valence-electron chi connectivity index (χ1n) is 9.34. The molecule has 0 bridgehead atoms. The molecule has 1 unspecified atom stereocenters. The summed E-state index contributed by atoms with van der Waals surface area (Å²) in [5.74, 6) is 0.0534. The summed E-state index contributed by atoms with van der Waals surface area (Å²) in [4.78, 5) is 37.4. The Morgan fingerprint density at radius 1 is 1.10 bits per heavy atom. The summed E-state index contributed by atoms with van der Waals surface area (Å²) < 4.78 is 5.76. The molecule has 0 fully saturated rings. The van der Waals surface area contributed by atoms with Gasteiger partial charge in [-0.1, -0.05) is 29.8 Å². The van der Waals surface area contributed by atoms with Gasteiger partial charge in [0, 0.05) is 29.6 Å². The van der Waals surface area contributed by atoms with Crippen molar-refractivity contribution in [1.82, 2.24) is 14.9 Å². The van der Waals surface area contributed by atoms with E-state index < -0.39 is 12.3 Å². The van der Waals surface area contributed by atoms with Crippen molar-refractivity contribution in [2.75, 3.05) is 18.0 Å². The number of anilines is 1. The molecule has 0 saturated carbocycles. The van der Waals surface area contributed by atoms with Gasteiger partial charge in [-0.25, -0.2) is 14.8 Å². The Hall–Kier alpha value is -3.19. The highest BCUT2D eigenvalue weighted by Gasteiger charge is 2.41. The number of hydrogen-bond acceptors (Lipinski definition) is 5. The Labute approximate surface area is 172 Å². The molecule has 2 aromatic heterocycles. The van der Waals surface area contributed by atoms with Crippen molar-refractivity contribution in [1.29, 1.82) is 0 Å². The molecule has 0 N–H and O–H groups in total. The van der Waals surface area contributed by atoms with Crippen LogP contribution in [0.5, 0.6) is 0 Å². The van der Waals surface area contributed by atoms with E-state index in [2.05, 4.69) is 9.97 Å². The maximum Gasteiger partial charge on any atom is 0.411 e. The van der Waals surface area contributed by atoms with E-state index in [1.54, 1.807) is 47.4 Å². The van der Waals surface area contributed by atoms with Crippen molar-refractivity contribution in [3.63, 3.8) is 0 Å². The Balaban J connectivity index is 1.78. The van der Waals surface area contributed by atoms with Crippen LogP contribution in [-0.2, 0) is 4.74 Å². The number of carbonyl (C=O) groups excluding carboxylic acids is 2. The number of ether oxygens (including phenoxy) is 1. The molecule has 7 nitrogen and oxygen atoms in total. The van der Waals surface area contributed by atoms with Gasteiger partial charge in [0.2, 0.25) is 6.23 Å². The van der Waals surface area contributed by atoms with Crippen molar-refractivity contribution in [2.45, 2.75) is 20.1 Å². The second-order valence-corrected chi connectivity index (χ2v) is 6.91. The number of rotatable bonds is 4. The highest BCUT2D eigenvalue weighted by Crippen LogP contribution is 2.38. The molecule has 1 aliphatic rings. The lowest BCUT2D eigenvalue weighted by Gasteiger charge is -2.27. The van der Waals surface area contributed by atoms with Crippen LogP contribution in [-0.4, -0.2) is 40.0 Å². The molecular formula is C21H19ClN4O3. The van der Waals surface area contributed by atoms with Crippen LogP contribution >= 0.6 is 11.6 Å². The normalized spacial score (nSPS) is 15.5. The van der Waals surface area contributed by atoms with Crippen LogP contribution in [0.1, 0.15) is 36.0 Å². The SMILES string of the molecule is CCN(CC)C(=O)OC1c2ccccc2C(=O)N1c1ccc2ccc(Cl)nc2n1. The van der Waals surface area contributed by atoms with Gasteiger partial charge in [0.25, 0.3) is 5.91 Å². The van der Waals surface area contributed by atoms with E-state index in [0.717, 1.165) is 5.39 Å². The van der Waals surface area contributed by atoms with Crippen LogP contribution in [0.4, 0.5) is 10.6 Å². The zero-order valence-corrected chi connectivity index (χ0v) is 16.8. The smallest absolute Gasteiger partial charge is 0.411 e. The van der Waals surface area contributed by atoms with Gasteiger partial charge in [0.05, 0.1) is 0 Å².